The number of hydrogen-bond donors (Lipinski definition) is 0. The van der Waals surface area contributed by atoms with Crippen LogP contribution in [0.4, 0.5) is 0 Å². The van der Waals surface area contributed by atoms with E-state index in [-0.39, 0.29) is 17.4 Å². The molecule has 1 saturated heterocycles. The van der Waals surface area contributed by atoms with E-state index in [1.165, 1.54) is 0 Å². The molecule has 1 saturated carbocycles. The molecule has 0 spiro atoms. The number of likely N-dealkylation sites (tertiary alicyclic amines) is 1. The Morgan fingerprint density at radius 2 is 2.13 bits per heavy atom. The highest BCUT2D eigenvalue weighted by molar-refractivity contribution is 5.79. The van der Waals surface area contributed by atoms with Crippen molar-refractivity contribution in [3.05, 3.63) is 0 Å². The third kappa shape index (κ3) is 1.99. The summed E-state index contributed by atoms with van der Waals surface area (Å²) in [4.78, 5) is 13.9. The molecule has 2 rings (SSSR count). The predicted octanol–water partition coefficient (Wildman–Crippen LogP) is 1.94. The lowest BCUT2D eigenvalue weighted by Gasteiger charge is -2.26. The second-order valence-electron chi connectivity index (χ2n) is 5.98. The molecule has 3 heteroatoms. The van der Waals surface area contributed by atoms with Crippen LogP contribution in [0.1, 0.15) is 40.0 Å². The predicted molar refractivity (Wildman–Crippen MR) is 56.8 cm³/mol. The van der Waals surface area contributed by atoms with E-state index >= 15 is 0 Å². The van der Waals surface area contributed by atoms with Gasteiger partial charge in [0.15, 0.2) is 0 Å². The maximum absolute atomic E-state index is 12.0. The first-order valence-electron chi connectivity index (χ1n) is 5.63. The first-order chi connectivity index (χ1) is 6.92. The fourth-order valence-electron chi connectivity index (χ4n) is 2.48. The first-order valence-corrected chi connectivity index (χ1v) is 5.63. The van der Waals surface area contributed by atoms with Gasteiger partial charge in [-0.15, -0.1) is 0 Å². The molecule has 1 aliphatic heterocycles. The summed E-state index contributed by atoms with van der Waals surface area (Å²) >= 11 is 0. The summed E-state index contributed by atoms with van der Waals surface area (Å²) in [5, 5.41) is 8.98. The highest BCUT2D eigenvalue weighted by atomic mass is 16.2. The Morgan fingerprint density at radius 1 is 1.47 bits per heavy atom. The van der Waals surface area contributed by atoms with E-state index in [0.29, 0.717) is 18.4 Å². The van der Waals surface area contributed by atoms with Gasteiger partial charge in [-0.25, -0.2) is 0 Å². The molecule has 0 radical (unpaired) electrons. The Morgan fingerprint density at radius 3 is 2.67 bits per heavy atom. The molecule has 0 bridgehead atoms. The van der Waals surface area contributed by atoms with Gasteiger partial charge in [0.2, 0.25) is 5.91 Å². The monoisotopic (exact) mass is 206 g/mol. The average Bonchev–Trinajstić information content (AvgIpc) is 2.73. The lowest BCUT2D eigenvalue weighted by molar-refractivity contribution is -0.134. The Balaban J connectivity index is 2.04. The van der Waals surface area contributed by atoms with Crippen molar-refractivity contribution < 1.29 is 4.79 Å². The van der Waals surface area contributed by atoms with Gasteiger partial charge in [-0.1, -0.05) is 20.8 Å². The fraction of sp³-hybridized carbons (Fsp3) is 0.833. The largest absolute Gasteiger partial charge is 0.323 e. The second-order valence-corrected chi connectivity index (χ2v) is 5.98. The smallest absolute Gasteiger partial charge is 0.224 e. The SMILES string of the molecule is CC(C)(C)CC(=O)N1C(C#N)C[C@@H]2C[C@@H]21. The normalized spacial score (nSPS) is 33.5. The Labute approximate surface area is 91.1 Å². The molecule has 2 fully saturated rings. The maximum atomic E-state index is 12.0. The number of carbonyl (C=O) groups is 1. The summed E-state index contributed by atoms with van der Waals surface area (Å²) in [6.45, 7) is 6.19. The highest BCUT2D eigenvalue weighted by Gasteiger charge is 2.54. The summed E-state index contributed by atoms with van der Waals surface area (Å²) < 4.78 is 0. The lowest BCUT2D eigenvalue weighted by atomic mass is 9.91. The molecule has 0 aromatic rings. The van der Waals surface area contributed by atoms with Gasteiger partial charge in [-0.3, -0.25) is 4.79 Å². The van der Waals surface area contributed by atoms with Crippen LogP contribution in [0.2, 0.25) is 0 Å². The first kappa shape index (κ1) is 10.5. The van der Waals surface area contributed by atoms with Crippen LogP contribution < -0.4 is 0 Å². The average molecular weight is 206 g/mol. The minimum Gasteiger partial charge on any atom is -0.323 e. The number of amides is 1. The van der Waals surface area contributed by atoms with Gasteiger partial charge in [0.05, 0.1) is 6.07 Å². The van der Waals surface area contributed by atoms with Crippen molar-refractivity contribution in [2.75, 3.05) is 0 Å². The number of nitriles is 1. The topological polar surface area (TPSA) is 44.1 Å². The van der Waals surface area contributed by atoms with Crippen molar-refractivity contribution >= 4 is 5.91 Å². The molecule has 1 unspecified atom stereocenters. The number of nitrogens with zero attached hydrogens (tertiary/aromatic N) is 2. The van der Waals surface area contributed by atoms with Crippen molar-refractivity contribution in [3.8, 4) is 6.07 Å². The molecule has 0 aromatic carbocycles. The summed E-state index contributed by atoms with van der Waals surface area (Å²) in [7, 11) is 0. The summed E-state index contributed by atoms with van der Waals surface area (Å²) in [5.74, 6) is 0.789. The van der Waals surface area contributed by atoms with E-state index in [9.17, 15) is 4.79 Å². The van der Waals surface area contributed by atoms with Crippen LogP contribution in [0.5, 0.6) is 0 Å². The van der Waals surface area contributed by atoms with Crippen LogP contribution in [-0.2, 0) is 4.79 Å². The number of rotatable bonds is 1. The van der Waals surface area contributed by atoms with E-state index in [0.717, 1.165) is 12.8 Å². The fourth-order valence-corrected chi connectivity index (χ4v) is 2.48. The summed E-state index contributed by atoms with van der Waals surface area (Å²) in [6, 6.07) is 2.49. The van der Waals surface area contributed by atoms with Gasteiger partial charge in [-0.05, 0) is 24.2 Å². The van der Waals surface area contributed by atoms with E-state index < -0.39 is 0 Å². The zero-order valence-corrected chi connectivity index (χ0v) is 9.66. The van der Waals surface area contributed by atoms with E-state index in [1.807, 2.05) is 4.90 Å². The van der Waals surface area contributed by atoms with Crippen LogP contribution in [0.25, 0.3) is 0 Å². The van der Waals surface area contributed by atoms with Gasteiger partial charge >= 0.3 is 0 Å². The molecule has 3 nitrogen and oxygen atoms in total. The quantitative estimate of drug-likeness (QED) is 0.658. The number of hydrogen-bond acceptors (Lipinski definition) is 2. The van der Waals surface area contributed by atoms with Crippen LogP contribution >= 0.6 is 0 Å². The number of fused-ring (bicyclic) bond motifs is 1. The Hall–Kier alpha value is -1.04. The van der Waals surface area contributed by atoms with Gasteiger partial charge in [0.1, 0.15) is 6.04 Å². The standard InChI is InChI=1S/C12H18N2O/c1-12(2,3)6-11(15)14-9(7-13)4-8-5-10(8)14/h8-10H,4-6H2,1-3H3/t8-,9?,10+/m1/s1. The third-order valence-electron chi connectivity index (χ3n) is 3.22. The van der Waals surface area contributed by atoms with Gasteiger partial charge in [0.25, 0.3) is 0 Å². The van der Waals surface area contributed by atoms with E-state index in [4.69, 9.17) is 5.26 Å². The molecule has 0 aromatic heterocycles. The molecular weight excluding hydrogens is 188 g/mol. The third-order valence-corrected chi connectivity index (χ3v) is 3.22. The van der Waals surface area contributed by atoms with Crippen LogP contribution in [0, 0.1) is 22.7 Å². The maximum Gasteiger partial charge on any atom is 0.224 e. The lowest BCUT2D eigenvalue weighted by Crippen LogP contribution is -2.39. The van der Waals surface area contributed by atoms with Crippen molar-refractivity contribution in [2.45, 2.75) is 52.1 Å². The molecular formula is C12H18N2O. The molecule has 82 valence electrons. The second kappa shape index (κ2) is 3.23. The summed E-state index contributed by atoms with van der Waals surface area (Å²) in [6.07, 6.45) is 2.57. The van der Waals surface area contributed by atoms with Crippen molar-refractivity contribution in [2.24, 2.45) is 11.3 Å². The number of carbonyl (C=O) groups excluding carboxylic acids is 1. The van der Waals surface area contributed by atoms with Gasteiger partial charge in [-0.2, -0.15) is 5.26 Å². The minimum atomic E-state index is -0.149. The zero-order chi connectivity index (χ0) is 11.2. The van der Waals surface area contributed by atoms with Crippen molar-refractivity contribution in [1.82, 2.24) is 4.90 Å². The Kier molecular flexibility index (Phi) is 2.26. The molecule has 15 heavy (non-hydrogen) atoms. The minimum absolute atomic E-state index is 0.0179. The summed E-state index contributed by atoms with van der Waals surface area (Å²) in [5.41, 5.74) is 0.0179. The molecule has 1 amide bonds. The van der Waals surface area contributed by atoms with Crippen LogP contribution in [0.15, 0.2) is 0 Å². The van der Waals surface area contributed by atoms with Gasteiger partial charge < -0.3 is 4.90 Å². The number of piperidine rings is 1. The molecule has 2 aliphatic rings. The van der Waals surface area contributed by atoms with Crippen LogP contribution in [0.3, 0.4) is 0 Å². The van der Waals surface area contributed by atoms with Gasteiger partial charge in [0, 0.05) is 12.5 Å². The highest BCUT2D eigenvalue weighted by Crippen LogP contribution is 2.48. The van der Waals surface area contributed by atoms with Crippen molar-refractivity contribution in [1.29, 1.82) is 5.26 Å². The molecule has 1 heterocycles. The van der Waals surface area contributed by atoms with Crippen LogP contribution in [-0.4, -0.2) is 22.9 Å². The molecule has 1 aliphatic carbocycles. The van der Waals surface area contributed by atoms with E-state index in [2.05, 4.69) is 26.8 Å². The van der Waals surface area contributed by atoms with Crippen molar-refractivity contribution in [3.63, 3.8) is 0 Å². The molecule has 3 atom stereocenters. The zero-order valence-electron chi connectivity index (χ0n) is 9.66. The van der Waals surface area contributed by atoms with E-state index in [1.54, 1.807) is 0 Å². The molecule has 0 N–H and O–H groups in total. The Bertz CT molecular complexity index is 323.